The summed E-state index contributed by atoms with van der Waals surface area (Å²) in [6.45, 7) is 0.949. The van der Waals surface area contributed by atoms with Gasteiger partial charge in [0.25, 0.3) is 5.91 Å². The predicted octanol–water partition coefficient (Wildman–Crippen LogP) is 4.69. The van der Waals surface area contributed by atoms with Crippen LogP contribution in [0.3, 0.4) is 0 Å². The number of rotatable bonds is 8. The molecule has 0 aliphatic carbocycles. The minimum absolute atomic E-state index is 0.121. The van der Waals surface area contributed by atoms with Gasteiger partial charge in [-0.3, -0.25) is 9.59 Å². The van der Waals surface area contributed by atoms with Gasteiger partial charge < -0.3 is 10.6 Å². The van der Waals surface area contributed by atoms with Crippen molar-refractivity contribution in [2.24, 2.45) is 0 Å². The first kappa shape index (κ1) is 21.0. The van der Waals surface area contributed by atoms with E-state index in [1.54, 1.807) is 12.1 Å². The van der Waals surface area contributed by atoms with Crippen LogP contribution in [-0.4, -0.2) is 29.8 Å². The van der Waals surface area contributed by atoms with Crippen molar-refractivity contribution in [2.75, 3.05) is 18.4 Å². The number of halogens is 3. The van der Waals surface area contributed by atoms with Crippen molar-refractivity contribution in [3.05, 3.63) is 68.9 Å². The zero-order chi connectivity index (χ0) is 20.9. The fourth-order valence-corrected chi connectivity index (χ4v) is 3.94. The van der Waals surface area contributed by atoms with Crippen LogP contribution in [0.25, 0.3) is 0 Å². The van der Waals surface area contributed by atoms with Gasteiger partial charge in [0.1, 0.15) is 0 Å². The summed E-state index contributed by atoms with van der Waals surface area (Å²) < 4.78 is 39.3. The molecule has 3 rings (SSSR count). The number of thiophene rings is 1. The number of benzene rings is 1. The normalized spacial score (nSPS) is 11.3. The quantitative estimate of drug-likeness (QED) is 0.395. The van der Waals surface area contributed by atoms with E-state index >= 15 is 0 Å². The molecule has 0 atom stereocenters. The summed E-state index contributed by atoms with van der Waals surface area (Å²) in [7, 11) is 0. The molecule has 0 saturated carbocycles. The molecule has 3 aromatic rings. The second-order valence-electron chi connectivity index (χ2n) is 5.92. The zero-order valence-corrected chi connectivity index (χ0v) is 16.6. The molecule has 5 nitrogen and oxygen atoms in total. The van der Waals surface area contributed by atoms with Gasteiger partial charge in [-0.15, -0.1) is 11.3 Å². The summed E-state index contributed by atoms with van der Waals surface area (Å²) in [6.07, 6.45) is -2.72. The van der Waals surface area contributed by atoms with Gasteiger partial charge in [0, 0.05) is 18.7 Å². The number of hydrogen-bond donors (Lipinski definition) is 2. The Morgan fingerprint density at radius 1 is 1.03 bits per heavy atom. The standard InChI is InChI=1S/C19H16F3N3O2S2/c20-19(21,22)13-6-2-1-5-12(13)16(26)15-11-25-18(29-15)24-9-4-8-23-17(27)14-7-3-10-28-14/h1-3,5-7,10-11H,4,8-9H2,(H,23,27)(H,24,25). The highest BCUT2D eigenvalue weighted by Gasteiger charge is 2.35. The molecule has 0 aliphatic heterocycles. The Balaban J connectivity index is 1.52. The van der Waals surface area contributed by atoms with Crippen molar-refractivity contribution in [3.8, 4) is 0 Å². The van der Waals surface area contributed by atoms with E-state index in [1.807, 2.05) is 5.38 Å². The smallest absolute Gasteiger partial charge is 0.361 e. The molecule has 1 aromatic carbocycles. The third-order valence-electron chi connectivity index (χ3n) is 3.87. The first-order valence-corrected chi connectivity index (χ1v) is 10.3. The maximum absolute atomic E-state index is 13.1. The summed E-state index contributed by atoms with van der Waals surface area (Å²) in [6, 6.07) is 8.23. The number of hydrogen-bond acceptors (Lipinski definition) is 6. The van der Waals surface area contributed by atoms with Gasteiger partial charge in [0.2, 0.25) is 5.78 Å². The van der Waals surface area contributed by atoms with Crippen molar-refractivity contribution in [1.82, 2.24) is 10.3 Å². The number of nitrogens with zero attached hydrogens (tertiary/aromatic N) is 1. The monoisotopic (exact) mass is 439 g/mol. The summed E-state index contributed by atoms with van der Waals surface area (Å²) in [5.74, 6) is -0.850. The van der Waals surface area contributed by atoms with Gasteiger partial charge in [-0.2, -0.15) is 13.2 Å². The first-order valence-electron chi connectivity index (χ1n) is 8.58. The van der Waals surface area contributed by atoms with Crippen LogP contribution >= 0.6 is 22.7 Å². The van der Waals surface area contributed by atoms with Crippen LogP contribution in [0, 0.1) is 0 Å². The fourth-order valence-electron chi connectivity index (χ4n) is 2.50. The highest BCUT2D eigenvalue weighted by Crippen LogP contribution is 2.33. The van der Waals surface area contributed by atoms with E-state index in [0.29, 0.717) is 29.5 Å². The third kappa shape index (κ3) is 5.42. The lowest BCUT2D eigenvalue weighted by atomic mass is 10.0. The SMILES string of the molecule is O=C(NCCCNc1ncc(C(=O)c2ccccc2C(F)(F)F)s1)c1cccs1. The molecule has 152 valence electrons. The first-order chi connectivity index (χ1) is 13.9. The van der Waals surface area contributed by atoms with E-state index in [4.69, 9.17) is 0 Å². The maximum atomic E-state index is 13.1. The minimum atomic E-state index is -4.61. The molecule has 10 heteroatoms. The van der Waals surface area contributed by atoms with Crippen molar-refractivity contribution in [2.45, 2.75) is 12.6 Å². The van der Waals surface area contributed by atoms with E-state index in [0.717, 1.165) is 23.5 Å². The number of thiazole rings is 1. The summed E-state index contributed by atoms with van der Waals surface area (Å²) in [5.41, 5.74) is -1.36. The molecule has 29 heavy (non-hydrogen) atoms. The Morgan fingerprint density at radius 2 is 1.83 bits per heavy atom. The lowest BCUT2D eigenvalue weighted by Gasteiger charge is -2.10. The predicted molar refractivity (Wildman–Crippen MR) is 107 cm³/mol. The van der Waals surface area contributed by atoms with E-state index in [9.17, 15) is 22.8 Å². The molecule has 2 aromatic heterocycles. The molecule has 0 saturated heterocycles. The van der Waals surface area contributed by atoms with Gasteiger partial charge in [-0.25, -0.2) is 4.98 Å². The second-order valence-corrected chi connectivity index (χ2v) is 7.89. The third-order valence-corrected chi connectivity index (χ3v) is 5.69. The summed E-state index contributed by atoms with van der Waals surface area (Å²) in [5, 5.41) is 8.06. The number of anilines is 1. The Hall–Kier alpha value is -2.72. The molecule has 2 heterocycles. The minimum Gasteiger partial charge on any atom is -0.361 e. The molecule has 0 bridgehead atoms. The van der Waals surface area contributed by atoms with Crippen LogP contribution in [0.4, 0.5) is 18.3 Å². The lowest BCUT2D eigenvalue weighted by Crippen LogP contribution is -2.25. The molecule has 1 amide bonds. The molecule has 0 fully saturated rings. The van der Waals surface area contributed by atoms with Crippen LogP contribution < -0.4 is 10.6 Å². The number of carbonyl (C=O) groups excluding carboxylic acids is 2. The number of ketones is 1. The number of carbonyl (C=O) groups is 2. The zero-order valence-electron chi connectivity index (χ0n) is 15.0. The Kier molecular flexibility index (Phi) is 6.65. The van der Waals surface area contributed by atoms with Crippen LogP contribution in [0.2, 0.25) is 0 Å². The fraction of sp³-hybridized carbons (Fsp3) is 0.211. The molecule has 0 spiro atoms. The molecule has 0 aliphatic rings. The highest BCUT2D eigenvalue weighted by molar-refractivity contribution is 7.17. The van der Waals surface area contributed by atoms with E-state index < -0.39 is 23.1 Å². The lowest BCUT2D eigenvalue weighted by molar-refractivity contribution is -0.137. The summed E-state index contributed by atoms with van der Waals surface area (Å²) in [4.78, 5) is 29.1. The van der Waals surface area contributed by atoms with Crippen molar-refractivity contribution >= 4 is 39.5 Å². The number of nitrogens with one attached hydrogen (secondary N) is 2. The van der Waals surface area contributed by atoms with Gasteiger partial charge in [0.05, 0.1) is 21.5 Å². The van der Waals surface area contributed by atoms with Crippen LogP contribution in [-0.2, 0) is 6.18 Å². The van der Waals surface area contributed by atoms with Crippen molar-refractivity contribution in [3.63, 3.8) is 0 Å². The molecule has 0 radical (unpaired) electrons. The van der Waals surface area contributed by atoms with Gasteiger partial charge >= 0.3 is 6.18 Å². The Bertz CT molecular complexity index is 985. The van der Waals surface area contributed by atoms with Gasteiger partial charge in [-0.1, -0.05) is 35.6 Å². The largest absolute Gasteiger partial charge is 0.417 e. The van der Waals surface area contributed by atoms with E-state index in [-0.39, 0.29) is 10.8 Å². The number of aromatic nitrogens is 1. The Morgan fingerprint density at radius 3 is 2.55 bits per heavy atom. The van der Waals surface area contributed by atoms with E-state index in [2.05, 4.69) is 15.6 Å². The van der Waals surface area contributed by atoms with Crippen LogP contribution in [0.5, 0.6) is 0 Å². The molecule has 2 N–H and O–H groups in total. The second kappa shape index (κ2) is 9.19. The molecule has 0 unspecified atom stereocenters. The van der Waals surface area contributed by atoms with Crippen molar-refractivity contribution < 1.29 is 22.8 Å². The van der Waals surface area contributed by atoms with Crippen LogP contribution in [0.1, 0.15) is 36.9 Å². The van der Waals surface area contributed by atoms with Gasteiger partial charge in [-0.05, 0) is 23.9 Å². The topological polar surface area (TPSA) is 71.1 Å². The summed E-state index contributed by atoms with van der Waals surface area (Å²) >= 11 is 2.35. The van der Waals surface area contributed by atoms with Crippen molar-refractivity contribution in [1.29, 1.82) is 0 Å². The highest BCUT2D eigenvalue weighted by atomic mass is 32.1. The molecular formula is C19H16F3N3O2S2. The van der Waals surface area contributed by atoms with Crippen LogP contribution in [0.15, 0.2) is 48.0 Å². The van der Waals surface area contributed by atoms with Gasteiger partial charge in [0.15, 0.2) is 5.13 Å². The number of amides is 1. The maximum Gasteiger partial charge on any atom is 0.417 e. The number of alkyl halides is 3. The average molecular weight is 439 g/mol. The average Bonchev–Trinajstić information content (AvgIpc) is 3.38. The van der Waals surface area contributed by atoms with E-state index in [1.165, 1.54) is 29.7 Å². The molecular weight excluding hydrogens is 423 g/mol. The Labute approximate surface area is 172 Å².